The van der Waals surface area contributed by atoms with E-state index in [1.807, 2.05) is 6.07 Å². The fourth-order valence-corrected chi connectivity index (χ4v) is 3.96. The fourth-order valence-electron chi connectivity index (χ4n) is 3.96. The van der Waals surface area contributed by atoms with Gasteiger partial charge in [0.05, 0.1) is 11.6 Å². The highest BCUT2D eigenvalue weighted by Gasteiger charge is 2.46. The zero-order valence-corrected chi connectivity index (χ0v) is 17.0. The van der Waals surface area contributed by atoms with Crippen LogP contribution in [0.1, 0.15) is 22.7 Å². The summed E-state index contributed by atoms with van der Waals surface area (Å²) >= 11 is 0. The summed E-state index contributed by atoms with van der Waals surface area (Å²) in [7, 11) is 0. The summed E-state index contributed by atoms with van der Waals surface area (Å²) < 4.78 is 11.1. The smallest absolute Gasteiger partial charge is 0.295 e. The molecule has 8 heteroatoms. The largest absolute Gasteiger partial charge is 0.507 e. The first-order chi connectivity index (χ1) is 15.6. The summed E-state index contributed by atoms with van der Waals surface area (Å²) in [5.41, 5.74) is 1.75. The molecule has 0 saturated carbocycles. The van der Waals surface area contributed by atoms with E-state index in [1.54, 1.807) is 61.2 Å². The number of fused-ring (bicyclic) bond motifs is 1. The number of carbonyl (C=O) groups is 2. The Hall–Kier alpha value is -4.20. The van der Waals surface area contributed by atoms with E-state index in [0.717, 1.165) is 5.56 Å². The number of ketones is 1. The summed E-state index contributed by atoms with van der Waals surface area (Å²) in [5, 5.41) is 11.2. The number of amides is 1. The van der Waals surface area contributed by atoms with Crippen LogP contribution < -0.4 is 9.47 Å². The number of ether oxygens (including phenoxy) is 2. The second-order valence-corrected chi connectivity index (χ2v) is 7.43. The van der Waals surface area contributed by atoms with Crippen LogP contribution in [-0.4, -0.2) is 44.9 Å². The molecule has 5 rings (SSSR count). The molecule has 2 aromatic heterocycles. The van der Waals surface area contributed by atoms with Crippen molar-refractivity contribution in [2.24, 2.45) is 0 Å². The third-order valence-electron chi connectivity index (χ3n) is 5.43. The van der Waals surface area contributed by atoms with Crippen molar-refractivity contribution in [3.63, 3.8) is 0 Å². The van der Waals surface area contributed by atoms with Crippen molar-refractivity contribution in [3.8, 4) is 11.5 Å². The standard InChI is InChI=1S/C24H19N3O5/c28-22(16-5-6-18-19(11-16)32-10-9-31-18)20-21(17-4-2-8-26-13-17)27(24(30)23(20)29)14-15-3-1-7-25-12-15/h1-8,11-13,21,28H,9-10,14H2/b22-20+/t21-/m1/s1. The van der Waals surface area contributed by atoms with Gasteiger partial charge in [-0.05, 0) is 41.5 Å². The lowest BCUT2D eigenvalue weighted by atomic mass is 9.96. The van der Waals surface area contributed by atoms with Crippen LogP contribution in [0.4, 0.5) is 0 Å². The highest BCUT2D eigenvalue weighted by Crippen LogP contribution is 2.41. The number of likely N-dealkylation sites (tertiary alicyclic amines) is 1. The fraction of sp³-hybridized carbons (Fsp3) is 0.167. The Labute approximate surface area is 183 Å². The van der Waals surface area contributed by atoms with Crippen molar-refractivity contribution in [3.05, 3.63) is 89.5 Å². The number of carbonyl (C=O) groups excluding carboxylic acids is 2. The summed E-state index contributed by atoms with van der Waals surface area (Å²) in [5.74, 6) is -0.684. The Balaban J connectivity index is 1.62. The van der Waals surface area contributed by atoms with E-state index in [2.05, 4.69) is 9.97 Å². The van der Waals surface area contributed by atoms with Gasteiger partial charge in [0.25, 0.3) is 11.7 Å². The number of aromatic nitrogens is 2. The molecule has 0 unspecified atom stereocenters. The van der Waals surface area contributed by atoms with Crippen LogP contribution >= 0.6 is 0 Å². The first-order valence-electron chi connectivity index (χ1n) is 10.1. The van der Waals surface area contributed by atoms with Gasteiger partial charge in [-0.15, -0.1) is 0 Å². The number of hydrogen-bond acceptors (Lipinski definition) is 7. The van der Waals surface area contributed by atoms with E-state index in [4.69, 9.17) is 9.47 Å². The maximum atomic E-state index is 13.1. The lowest BCUT2D eigenvalue weighted by molar-refractivity contribution is -0.140. The molecule has 2 aliphatic rings. The minimum absolute atomic E-state index is 0.00330. The van der Waals surface area contributed by atoms with Gasteiger partial charge in [0.1, 0.15) is 19.0 Å². The van der Waals surface area contributed by atoms with Crippen LogP contribution in [0.5, 0.6) is 11.5 Å². The number of pyridine rings is 2. The molecule has 32 heavy (non-hydrogen) atoms. The van der Waals surface area contributed by atoms with Gasteiger partial charge in [-0.1, -0.05) is 12.1 Å². The van der Waals surface area contributed by atoms with Gasteiger partial charge in [-0.2, -0.15) is 0 Å². The molecule has 1 N–H and O–H groups in total. The molecule has 160 valence electrons. The van der Waals surface area contributed by atoms with Gasteiger partial charge in [0.2, 0.25) is 0 Å². The molecular formula is C24H19N3O5. The Bertz CT molecular complexity index is 1210. The Morgan fingerprint density at radius 3 is 2.47 bits per heavy atom. The Morgan fingerprint density at radius 1 is 1.00 bits per heavy atom. The maximum Gasteiger partial charge on any atom is 0.295 e. The van der Waals surface area contributed by atoms with Crippen molar-refractivity contribution in [1.82, 2.24) is 14.9 Å². The molecule has 1 aromatic carbocycles. The SMILES string of the molecule is O=C1C(=O)N(Cc2cccnc2)[C@H](c2cccnc2)/C1=C(\O)c1ccc2c(c1)OCCO2. The van der Waals surface area contributed by atoms with Crippen molar-refractivity contribution >= 4 is 17.4 Å². The van der Waals surface area contributed by atoms with Crippen LogP contribution in [0.2, 0.25) is 0 Å². The van der Waals surface area contributed by atoms with Gasteiger partial charge >= 0.3 is 0 Å². The monoisotopic (exact) mass is 429 g/mol. The van der Waals surface area contributed by atoms with E-state index in [1.165, 1.54) is 4.90 Å². The van der Waals surface area contributed by atoms with Crippen LogP contribution in [0.25, 0.3) is 5.76 Å². The third-order valence-corrected chi connectivity index (χ3v) is 5.43. The second-order valence-electron chi connectivity index (χ2n) is 7.43. The van der Waals surface area contributed by atoms with Gasteiger partial charge in [0, 0.05) is 36.9 Å². The summed E-state index contributed by atoms with van der Waals surface area (Å²) in [6.07, 6.45) is 6.47. The van der Waals surface area contributed by atoms with Crippen molar-refractivity contribution in [2.45, 2.75) is 12.6 Å². The molecule has 0 aliphatic carbocycles. The van der Waals surface area contributed by atoms with Crippen LogP contribution in [-0.2, 0) is 16.1 Å². The van der Waals surface area contributed by atoms with Gasteiger partial charge < -0.3 is 19.5 Å². The van der Waals surface area contributed by atoms with Crippen molar-refractivity contribution in [1.29, 1.82) is 0 Å². The average molecular weight is 429 g/mol. The molecule has 1 amide bonds. The zero-order chi connectivity index (χ0) is 22.1. The topological polar surface area (TPSA) is 102 Å². The minimum Gasteiger partial charge on any atom is -0.507 e. The normalized spacial score (nSPS) is 19.2. The minimum atomic E-state index is -0.794. The van der Waals surface area contributed by atoms with E-state index >= 15 is 0 Å². The summed E-state index contributed by atoms with van der Waals surface area (Å²) in [6.45, 7) is 0.997. The molecule has 0 bridgehead atoms. The summed E-state index contributed by atoms with van der Waals surface area (Å²) in [6, 6.07) is 11.2. The summed E-state index contributed by atoms with van der Waals surface area (Å²) in [4.78, 5) is 35.8. The van der Waals surface area contributed by atoms with E-state index in [9.17, 15) is 14.7 Å². The molecule has 1 atom stereocenters. The quantitative estimate of drug-likeness (QED) is 0.387. The Kier molecular flexibility index (Phi) is 5.03. The number of hydrogen-bond donors (Lipinski definition) is 1. The molecule has 1 saturated heterocycles. The third kappa shape index (κ3) is 3.45. The van der Waals surface area contributed by atoms with Crippen LogP contribution in [0.3, 0.4) is 0 Å². The lowest BCUT2D eigenvalue weighted by Gasteiger charge is -2.25. The number of aliphatic hydroxyl groups is 1. The predicted molar refractivity (Wildman–Crippen MR) is 114 cm³/mol. The van der Waals surface area contributed by atoms with Crippen LogP contribution in [0, 0.1) is 0 Å². The van der Waals surface area contributed by atoms with Crippen molar-refractivity contribution < 1.29 is 24.2 Å². The maximum absolute atomic E-state index is 13.1. The van der Waals surface area contributed by atoms with Gasteiger partial charge in [0.15, 0.2) is 11.5 Å². The molecule has 1 fully saturated rings. The average Bonchev–Trinajstić information content (AvgIpc) is 3.09. The van der Waals surface area contributed by atoms with Crippen molar-refractivity contribution in [2.75, 3.05) is 13.2 Å². The predicted octanol–water partition coefficient (Wildman–Crippen LogP) is 2.87. The molecule has 0 radical (unpaired) electrons. The first-order valence-corrected chi connectivity index (χ1v) is 10.1. The first kappa shape index (κ1) is 19.7. The molecule has 0 spiro atoms. The van der Waals surface area contributed by atoms with E-state index in [-0.39, 0.29) is 17.9 Å². The van der Waals surface area contributed by atoms with E-state index in [0.29, 0.717) is 35.8 Å². The van der Waals surface area contributed by atoms with Gasteiger partial charge in [-0.3, -0.25) is 19.6 Å². The number of nitrogens with zero attached hydrogens (tertiary/aromatic N) is 3. The number of rotatable bonds is 4. The lowest BCUT2D eigenvalue weighted by Crippen LogP contribution is -2.29. The van der Waals surface area contributed by atoms with Crippen LogP contribution in [0.15, 0.2) is 72.8 Å². The highest BCUT2D eigenvalue weighted by atomic mass is 16.6. The Morgan fingerprint density at radius 2 is 1.75 bits per heavy atom. The number of aliphatic hydroxyl groups excluding tert-OH is 1. The van der Waals surface area contributed by atoms with E-state index < -0.39 is 17.7 Å². The number of Topliss-reactive ketones (excluding diaryl/α,β-unsaturated/α-hetero) is 1. The highest BCUT2D eigenvalue weighted by molar-refractivity contribution is 6.46. The second kappa shape index (κ2) is 8.14. The molecule has 2 aliphatic heterocycles. The molecule has 8 nitrogen and oxygen atoms in total. The molecule has 4 heterocycles. The zero-order valence-electron chi connectivity index (χ0n) is 17.0. The molecular weight excluding hydrogens is 410 g/mol. The number of benzene rings is 1. The molecule has 3 aromatic rings. The van der Waals surface area contributed by atoms with Gasteiger partial charge in [-0.25, -0.2) is 0 Å².